The lowest BCUT2D eigenvalue weighted by Crippen LogP contribution is -2.11. The maximum atomic E-state index is 10.8. The van der Waals surface area contributed by atoms with Crippen LogP contribution in [0.4, 0.5) is 11.5 Å². The molecule has 0 aliphatic heterocycles. The van der Waals surface area contributed by atoms with Crippen molar-refractivity contribution in [2.45, 2.75) is 25.7 Å². The first-order valence-corrected chi connectivity index (χ1v) is 7.54. The van der Waals surface area contributed by atoms with Gasteiger partial charge in [0.25, 0.3) is 5.69 Å². The van der Waals surface area contributed by atoms with E-state index in [0.29, 0.717) is 11.4 Å². The Morgan fingerprint density at radius 1 is 1.26 bits per heavy atom. The first-order chi connectivity index (χ1) is 11.2. The lowest BCUT2D eigenvalue weighted by molar-refractivity contribution is -0.384. The third-order valence-electron chi connectivity index (χ3n) is 4.19. The number of nitrogens with one attached hydrogen (secondary N) is 1. The normalized spacial score (nSPS) is 13.0. The molecule has 116 valence electrons. The third kappa shape index (κ3) is 2.61. The molecule has 0 atom stereocenters. The topological polar surface area (TPSA) is 91.8 Å². The molecule has 6 heteroatoms. The summed E-state index contributed by atoms with van der Waals surface area (Å²) in [4.78, 5) is 15.0. The average Bonchev–Trinajstić information content (AvgIpc) is 2.59. The number of hydrogen-bond donors (Lipinski definition) is 1. The molecule has 6 nitrogen and oxygen atoms in total. The molecule has 0 unspecified atom stereocenters. The number of nitriles is 1. The summed E-state index contributed by atoms with van der Waals surface area (Å²) in [5.41, 5.74) is 4.35. The Balaban J connectivity index is 2.24. The Kier molecular flexibility index (Phi) is 3.94. The van der Waals surface area contributed by atoms with Crippen molar-refractivity contribution >= 4 is 11.5 Å². The van der Waals surface area contributed by atoms with Crippen LogP contribution in [-0.2, 0) is 12.8 Å². The molecule has 0 spiro atoms. The maximum absolute atomic E-state index is 10.8. The largest absolute Gasteiger partial charge is 0.372 e. The van der Waals surface area contributed by atoms with Gasteiger partial charge in [-0.1, -0.05) is 0 Å². The molecule has 0 saturated heterocycles. The predicted molar refractivity (Wildman–Crippen MR) is 87.2 cm³/mol. The number of hydrogen-bond acceptors (Lipinski definition) is 5. The van der Waals surface area contributed by atoms with Crippen LogP contribution in [0.25, 0.3) is 11.1 Å². The highest BCUT2D eigenvalue weighted by atomic mass is 16.6. The fourth-order valence-electron chi connectivity index (χ4n) is 3.10. The highest BCUT2D eigenvalue weighted by Gasteiger charge is 2.22. The molecule has 0 fully saturated rings. The van der Waals surface area contributed by atoms with Crippen molar-refractivity contribution in [3.05, 3.63) is 51.2 Å². The molecular formula is C17H16N4O2. The van der Waals surface area contributed by atoms with Crippen molar-refractivity contribution in [1.82, 2.24) is 4.98 Å². The van der Waals surface area contributed by atoms with Crippen LogP contribution in [-0.4, -0.2) is 17.0 Å². The van der Waals surface area contributed by atoms with Gasteiger partial charge in [0.2, 0.25) is 0 Å². The summed E-state index contributed by atoms with van der Waals surface area (Å²) in [5, 5.41) is 23.4. The second kappa shape index (κ2) is 6.05. The van der Waals surface area contributed by atoms with Crippen molar-refractivity contribution in [2.75, 3.05) is 12.4 Å². The quantitative estimate of drug-likeness (QED) is 0.692. The summed E-state index contributed by atoms with van der Waals surface area (Å²) < 4.78 is 0. The number of benzene rings is 1. The lowest BCUT2D eigenvalue weighted by atomic mass is 9.86. The molecule has 1 aliphatic rings. The SMILES string of the molecule is CNc1nc2c(c(-c3ccc([N+](=O)[O-])cc3)c1C#N)CCCC2. The molecule has 23 heavy (non-hydrogen) atoms. The van der Waals surface area contributed by atoms with E-state index in [4.69, 9.17) is 0 Å². The van der Waals surface area contributed by atoms with Gasteiger partial charge in [-0.3, -0.25) is 10.1 Å². The Bertz CT molecular complexity index is 807. The molecule has 1 aromatic heterocycles. The van der Waals surface area contributed by atoms with Crippen LogP contribution in [0.5, 0.6) is 0 Å². The van der Waals surface area contributed by atoms with Crippen LogP contribution < -0.4 is 5.32 Å². The van der Waals surface area contributed by atoms with Gasteiger partial charge in [-0.25, -0.2) is 4.98 Å². The second-order valence-corrected chi connectivity index (χ2v) is 5.51. The van der Waals surface area contributed by atoms with E-state index in [0.717, 1.165) is 48.1 Å². The number of nitro benzene ring substituents is 1. The summed E-state index contributed by atoms with van der Waals surface area (Å²) in [6.07, 6.45) is 3.94. The molecule has 1 aliphatic carbocycles. The number of pyridine rings is 1. The van der Waals surface area contributed by atoms with E-state index in [2.05, 4.69) is 16.4 Å². The van der Waals surface area contributed by atoms with Gasteiger partial charge in [-0.2, -0.15) is 5.26 Å². The van der Waals surface area contributed by atoms with E-state index in [9.17, 15) is 15.4 Å². The van der Waals surface area contributed by atoms with E-state index >= 15 is 0 Å². The zero-order chi connectivity index (χ0) is 16.4. The zero-order valence-electron chi connectivity index (χ0n) is 12.8. The van der Waals surface area contributed by atoms with Gasteiger partial charge < -0.3 is 5.32 Å². The molecule has 0 bridgehead atoms. The second-order valence-electron chi connectivity index (χ2n) is 5.51. The van der Waals surface area contributed by atoms with E-state index in [1.807, 2.05) is 0 Å². The van der Waals surface area contributed by atoms with E-state index in [1.54, 1.807) is 19.2 Å². The minimum atomic E-state index is -0.421. The van der Waals surface area contributed by atoms with Crippen LogP contribution in [0.2, 0.25) is 0 Å². The van der Waals surface area contributed by atoms with Gasteiger partial charge in [0, 0.05) is 30.4 Å². The molecule has 1 aromatic carbocycles. The molecule has 0 amide bonds. The number of aryl methyl sites for hydroxylation is 1. The number of aromatic nitrogens is 1. The minimum Gasteiger partial charge on any atom is -0.372 e. The van der Waals surface area contributed by atoms with Crippen LogP contribution in [0, 0.1) is 21.4 Å². The number of anilines is 1. The van der Waals surface area contributed by atoms with Crippen molar-refractivity contribution in [1.29, 1.82) is 5.26 Å². The molecule has 1 N–H and O–H groups in total. The highest BCUT2D eigenvalue weighted by molar-refractivity contribution is 5.80. The van der Waals surface area contributed by atoms with Crippen molar-refractivity contribution in [3.8, 4) is 17.2 Å². The molecule has 0 saturated carbocycles. The van der Waals surface area contributed by atoms with Crippen LogP contribution in [0.3, 0.4) is 0 Å². The first kappa shape index (κ1) is 15.0. The van der Waals surface area contributed by atoms with E-state index in [-0.39, 0.29) is 5.69 Å². The van der Waals surface area contributed by atoms with Crippen LogP contribution in [0.15, 0.2) is 24.3 Å². The summed E-state index contributed by atoms with van der Waals surface area (Å²) >= 11 is 0. The maximum Gasteiger partial charge on any atom is 0.269 e. The summed E-state index contributed by atoms with van der Waals surface area (Å²) in [5.74, 6) is 0.571. The Hall–Kier alpha value is -2.94. The fourth-order valence-corrected chi connectivity index (χ4v) is 3.10. The minimum absolute atomic E-state index is 0.0454. The van der Waals surface area contributed by atoms with Gasteiger partial charge in [-0.15, -0.1) is 0 Å². The molecule has 3 rings (SSSR count). The molecule has 2 aromatic rings. The standard InChI is InChI=1S/C17H16N4O2/c1-19-17-14(10-18)16(13-4-2-3-5-15(13)20-17)11-6-8-12(9-7-11)21(22)23/h6-9H,2-5H2,1H3,(H,19,20). The number of nitro groups is 1. The molecular weight excluding hydrogens is 292 g/mol. The summed E-state index contributed by atoms with van der Waals surface area (Å²) in [6, 6.07) is 8.62. The first-order valence-electron chi connectivity index (χ1n) is 7.54. The van der Waals surface area contributed by atoms with Gasteiger partial charge in [0.05, 0.1) is 4.92 Å². The van der Waals surface area contributed by atoms with Gasteiger partial charge in [0.1, 0.15) is 17.5 Å². The Morgan fingerprint density at radius 2 is 1.96 bits per heavy atom. The average molecular weight is 308 g/mol. The monoisotopic (exact) mass is 308 g/mol. The summed E-state index contributed by atoms with van der Waals surface area (Å²) in [7, 11) is 1.75. The van der Waals surface area contributed by atoms with E-state index < -0.39 is 4.92 Å². The van der Waals surface area contributed by atoms with Gasteiger partial charge >= 0.3 is 0 Å². The van der Waals surface area contributed by atoms with Gasteiger partial charge in [-0.05, 0) is 48.9 Å². The van der Waals surface area contributed by atoms with Crippen molar-refractivity contribution in [3.63, 3.8) is 0 Å². The third-order valence-corrected chi connectivity index (χ3v) is 4.19. The highest BCUT2D eigenvalue weighted by Crippen LogP contribution is 2.37. The number of non-ortho nitro benzene ring substituents is 1. The predicted octanol–water partition coefficient (Wildman–Crippen LogP) is 3.45. The number of nitrogens with zero attached hydrogens (tertiary/aromatic N) is 3. The number of fused-ring (bicyclic) bond motifs is 1. The fraction of sp³-hybridized carbons (Fsp3) is 0.294. The van der Waals surface area contributed by atoms with Crippen molar-refractivity contribution < 1.29 is 4.92 Å². The lowest BCUT2D eigenvalue weighted by Gasteiger charge is -2.21. The zero-order valence-corrected chi connectivity index (χ0v) is 12.8. The van der Waals surface area contributed by atoms with Gasteiger partial charge in [0.15, 0.2) is 0 Å². The molecule has 0 radical (unpaired) electrons. The number of rotatable bonds is 3. The Morgan fingerprint density at radius 3 is 2.57 bits per heavy atom. The smallest absolute Gasteiger partial charge is 0.269 e. The summed E-state index contributed by atoms with van der Waals surface area (Å²) in [6.45, 7) is 0. The molecule has 1 heterocycles. The Labute approximate surface area is 133 Å². The van der Waals surface area contributed by atoms with E-state index in [1.165, 1.54) is 12.1 Å². The van der Waals surface area contributed by atoms with Crippen molar-refractivity contribution in [2.24, 2.45) is 0 Å². The van der Waals surface area contributed by atoms with Crippen LogP contribution >= 0.6 is 0 Å². The van der Waals surface area contributed by atoms with Crippen LogP contribution in [0.1, 0.15) is 29.7 Å².